The number of ether oxygens (including phenoxy) is 2. The maximum Gasteiger partial charge on any atom is 0.235 e. The Bertz CT molecular complexity index is 806. The summed E-state index contributed by atoms with van der Waals surface area (Å²) in [6.45, 7) is 3.73. The van der Waals surface area contributed by atoms with Crippen LogP contribution in [-0.4, -0.2) is 30.7 Å². The van der Waals surface area contributed by atoms with E-state index in [1.165, 1.54) is 0 Å². The standard InChI is InChI=1S/C21H24Cl2N2O3/c1-2-3-10-28-19-7-5-16(14-24-19)25-20(26)21(8-11-27-12-9-21)17-6-4-15(22)13-18(17)23/h4-7,13-14H,2-3,8-12H2,1H3,(H,25,26). The molecule has 2 aromatic rings. The van der Waals surface area contributed by atoms with Crippen molar-refractivity contribution in [2.45, 2.75) is 38.0 Å². The van der Waals surface area contributed by atoms with Gasteiger partial charge in [-0.2, -0.15) is 0 Å². The summed E-state index contributed by atoms with van der Waals surface area (Å²) in [5, 5.41) is 4.01. The van der Waals surface area contributed by atoms with E-state index < -0.39 is 5.41 Å². The highest BCUT2D eigenvalue weighted by molar-refractivity contribution is 6.35. The first-order valence-corrected chi connectivity index (χ1v) is 10.2. The third-order valence-corrected chi connectivity index (χ3v) is 5.52. The van der Waals surface area contributed by atoms with Gasteiger partial charge >= 0.3 is 0 Å². The van der Waals surface area contributed by atoms with Gasteiger partial charge in [0.2, 0.25) is 11.8 Å². The van der Waals surface area contributed by atoms with Gasteiger partial charge in [-0.05, 0) is 43.0 Å². The monoisotopic (exact) mass is 422 g/mol. The smallest absolute Gasteiger partial charge is 0.235 e. The van der Waals surface area contributed by atoms with Crippen LogP contribution in [0.2, 0.25) is 10.0 Å². The molecule has 0 spiro atoms. The van der Waals surface area contributed by atoms with E-state index in [1.807, 2.05) is 6.07 Å². The number of hydrogen-bond donors (Lipinski definition) is 1. The normalized spacial score (nSPS) is 15.8. The van der Waals surface area contributed by atoms with E-state index in [9.17, 15) is 4.79 Å². The fraction of sp³-hybridized carbons (Fsp3) is 0.429. The number of benzene rings is 1. The molecule has 1 amide bonds. The van der Waals surface area contributed by atoms with Crippen LogP contribution in [0.3, 0.4) is 0 Å². The lowest BCUT2D eigenvalue weighted by atomic mass is 9.73. The predicted molar refractivity (Wildman–Crippen MR) is 111 cm³/mol. The van der Waals surface area contributed by atoms with Crippen molar-refractivity contribution in [1.29, 1.82) is 0 Å². The van der Waals surface area contributed by atoms with Crippen molar-refractivity contribution < 1.29 is 14.3 Å². The average Bonchev–Trinajstić information content (AvgIpc) is 2.70. The highest BCUT2D eigenvalue weighted by Gasteiger charge is 2.43. The number of rotatable bonds is 7. The Morgan fingerprint density at radius 2 is 2.04 bits per heavy atom. The van der Waals surface area contributed by atoms with Crippen LogP contribution in [-0.2, 0) is 14.9 Å². The second kappa shape index (κ2) is 9.59. The molecule has 1 saturated heterocycles. The van der Waals surface area contributed by atoms with Gasteiger partial charge in [-0.1, -0.05) is 42.6 Å². The largest absolute Gasteiger partial charge is 0.478 e. The first-order chi connectivity index (χ1) is 13.5. The highest BCUT2D eigenvalue weighted by atomic mass is 35.5. The summed E-state index contributed by atoms with van der Waals surface area (Å²) in [6, 6.07) is 8.82. The molecule has 1 aromatic heterocycles. The number of nitrogens with one attached hydrogen (secondary N) is 1. The topological polar surface area (TPSA) is 60.5 Å². The maximum absolute atomic E-state index is 13.3. The summed E-state index contributed by atoms with van der Waals surface area (Å²) in [7, 11) is 0. The Balaban J connectivity index is 1.79. The number of halogens is 2. The molecule has 0 radical (unpaired) electrons. The van der Waals surface area contributed by atoms with E-state index in [1.54, 1.807) is 30.5 Å². The molecule has 28 heavy (non-hydrogen) atoms. The Morgan fingerprint density at radius 3 is 2.68 bits per heavy atom. The number of carbonyl (C=O) groups excluding carboxylic acids is 1. The molecule has 1 aromatic carbocycles. The van der Waals surface area contributed by atoms with Crippen LogP contribution in [0.4, 0.5) is 5.69 Å². The Hall–Kier alpha value is -1.82. The fourth-order valence-corrected chi connectivity index (χ4v) is 3.92. The lowest BCUT2D eigenvalue weighted by Gasteiger charge is -2.36. The fourth-order valence-electron chi connectivity index (χ4n) is 3.33. The van der Waals surface area contributed by atoms with E-state index in [2.05, 4.69) is 17.2 Å². The van der Waals surface area contributed by atoms with Crippen molar-refractivity contribution in [1.82, 2.24) is 4.98 Å². The summed E-state index contributed by atoms with van der Waals surface area (Å²) in [5.74, 6) is 0.425. The van der Waals surface area contributed by atoms with Crippen LogP contribution in [0.15, 0.2) is 36.5 Å². The van der Waals surface area contributed by atoms with Crippen LogP contribution < -0.4 is 10.1 Å². The quantitative estimate of drug-likeness (QED) is 0.618. The Labute approximate surface area is 175 Å². The van der Waals surface area contributed by atoms with E-state index >= 15 is 0 Å². The summed E-state index contributed by atoms with van der Waals surface area (Å²) in [6.07, 6.45) is 4.74. The molecular weight excluding hydrogens is 399 g/mol. The number of carbonyl (C=O) groups is 1. The van der Waals surface area contributed by atoms with Crippen molar-refractivity contribution >= 4 is 34.8 Å². The lowest BCUT2D eigenvalue weighted by Crippen LogP contribution is -2.45. The van der Waals surface area contributed by atoms with Crippen molar-refractivity contribution in [3.63, 3.8) is 0 Å². The molecule has 2 heterocycles. The third kappa shape index (κ3) is 4.77. The predicted octanol–water partition coefficient (Wildman–Crippen LogP) is 5.25. The van der Waals surface area contributed by atoms with E-state index in [0.29, 0.717) is 54.3 Å². The molecule has 0 unspecified atom stereocenters. The molecule has 7 heteroatoms. The average molecular weight is 423 g/mol. The van der Waals surface area contributed by atoms with E-state index in [0.717, 1.165) is 18.4 Å². The minimum Gasteiger partial charge on any atom is -0.478 e. The minimum atomic E-state index is -0.768. The van der Waals surface area contributed by atoms with Gasteiger partial charge in [-0.15, -0.1) is 0 Å². The number of unbranched alkanes of at least 4 members (excludes halogenated alkanes) is 1. The minimum absolute atomic E-state index is 0.124. The van der Waals surface area contributed by atoms with Crippen molar-refractivity contribution in [3.05, 3.63) is 52.1 Å². The van der Waals surface area contributed by atoms with Crippen molar-refractivity contribution in [3.8, 4) is 5.88 Å². The number of nitrogens with zero attached hydrogens (tertiary/aromatic N) is 1. The van der Waals surface area contributed by atoms with Gasteiger partial charge in [0, 0.05) is 29.3 Å². The molecule has 0 bridgehead atoms. The zero-order valence-corrected chi connectivity index (χ0v) is 17.4. The number of aromatic nitrogens is 1. The van der Waals surface area contributed by atoms with Gasteiger partial charge in [0.15, 0.2) is 0 Å². The number of amides is 1. The first kappa shape index (κ1) is 20.9. The Kier molecular flexibility index (Phi) is 7.16. The maximum atomic E-state index is 13.3. The molecule has 5 nitrogen and oxygen atoms in total. The van der Waals surface area contributed by atoms with Crippen molar-refractivity contribution in [2.24, 2.45) is 0 Å². The summed E-state index contributed by atoms with van der Waals surface area (Å²) in [4.78, 5) is 17.6. The molecule has 3 rings (SSSR count). The van der Waals surface area contributed by atoms with Gasteiger partial charge in [0.25, 0.3) is 0 Å². The molecule has 150 valence electrons. The molecule has 1 fully saturated rings. The van der Waals surface area contributed by atoms with Crippen LogP contribution in [0.5, 0.6) is 5.88 Å². The van der Waals surface area contributed by atoms with Crippen LogP contribution in [0, 0.1) is 0 Å². The van der Waals surface area contributed by atoms with Crippen LogP contribution in [0.1, 0.15) is 38.2 Å². The zero-order valence-electron chi connectivity index (χ0n) is 15.8. The van der Waals surface area contributed by atoms with Crippen LogP contribution in [0.25, 0.3) is 0 Å². The molecule has 1 N–H and O–H groups in total. The van der Waals surface area contributed by atoms with Gasteiger partial charge in [-0.25, -0.2) is 4.98 Å². The van der Waals surface area contributed by atoms with Gasteiger partial charge < -0.3 is 14.8 Å². The molecule has 0 saturated carbocycles. The first-order valence-electron chi connectivity index (χ1n) is 9.49. The van der Waals surface area contributed by atoms with Gasteiger partial charge in [0.1, 0.15) is 0 Å². The molecule has 0 atom stereocenters. The van der Waals surface area contributed by atoms with E-state index in [-0.39, 0.29) is 5.91 Å². The summed E-state index contributed by atoms with van der Waals surface area (Å²) < 4.78 is 11.1. The summed E-state index contributed by atoms with van der Waals surface area (Å²) in [5.41, 5.74) is 0.617. The lowest BCUT2D eigenvalue weighted by molar-refractivity contribution is -0.125. The Morgan fingerprint density at radius 1 is 1.25 bits per heavy atom. The van der Waals surface area contributed by atoms with Crippen LogP contribution >= 0.6 is 23.2 Å². The second-order valence-electron chi connectivity index (χ2n) is 6.86. The number of anilines is 1. The van der Waals surface area contributed by atoms with Gasteiger partial charge in [0.05, 0.1) is 23.9 Å². The number of pyridine rings is 1. The SMILES string of the molecule is CCCCOc1ccc(NC(=O)C2(c3ccc(Cl)cc3Cl)CCOCC2)cn1. The molecule has 1 aliphatic rings. The van der Waals surface area contributed by atoms with Gasteiger partial charge in [-0.3, -0.25) is 4.79 Å². The number of hydrogen-bond acceptors (Lipinski definition) is 4. The highest BCUT2D eigenvalue weighted by Crippen LogP contribution is 2.40. The van der Waals surface area contributed by atoms with Crippen molar-refractivity contribution in [2.75, 3.05) is 25.1 Å². The van der Waals surface area contributed by atoms with E-state index in [4.69, 9.17) is 32.7 Å². The zero-order chi connectivity index (χ0) is 20.0. The molecule has 0 aliphatic carbocycles. The second-order valence-corrected chi connectivity index (χ2v) is 7.70. The molecule has 1 aliphatic heterocycles. The molecular formula is C21H24Cl2N2O3. The summed E-state index contributed by atoms with van der Waals surface area (Å²) >= 11 is 12.5. The third-order valence-electron chi connectivity index (χ3n) is 4.97.